The van der Waals surface area contributed by atoms with Gasteiger partial charge < -0.3 is 15.4 Å². The highest BCUT2D eigenvalue weighted by Gasteiger charge is 2.21. The monoisotopic (exact) mass is 270 g/mol. The van der Waals surface area contributed by atoms with Crippen molar-refractivity contribution in [2.75, 3.05) is 26.2 Å². The Morgan fingerprint density at radius 1 is 1.39 bits per heavy atom. The van der Waals surface area contributed by atoms with Gasteiger partial charge in [0, 0.05) is 6.54 Å². The summed E-state index contributed by atoms with van der Waals surface area (Å²) in [7, 11) is 0. The van der Waals surface area contributed by atoms with E-state index in [1.54, 1.807) is 0 Å². The quantitative estimate of drug-likeness (QED) is 0.791. The number of ether oxygens (including phenoxy) is 1. The van der Waals surface area contributed by atoms with Crippen molar-refractivity contribution in [3.63, 3.8) is 0 Å². The first-order valence-electron chi connectivity index (χ1n) is 6.02. The maximum absolute atomic E-state index is 11.6. The zero-order chi connectivity index (χ0) is 11.9. The summed E-state index contributed by atoms with van der Waals surface area (Å²) in [4.78, 5) is 11.6. The van der Waals surface area contributed by atoms with Crippen LogP contribution in [0.2, 0.25) is 0 Å². The highest BCUT2D eigenvalue weighted by molar-refractivity contribution is 5.85. The van der Waals surface area contributed by atoms with E-state index >= 15 is 0 Å². The van der Waals surface area contributed by atoms with Crippen LogP contribution in [0.1, 0.15) is 6.42 Å². The Hall–Kier alpha value is -1.26. The molecule has 100 valence electrons. The van der Waals surface area contributed by atoms with Crippen molar-refractivity contribution in [3.05, 3.63) is 30.3 Å². The first kappa shape index (κ1) is 14.8. The maximum Gasteiger partial charge on any atom is 0.224 e. The lowest BCUT2D eigenvalue weighted by Gasteiger charge is -2.10. The van der Waals surface area contributed by atoms with E-state index in [2.05, 4.69) is 10.6 Å². The van der Waals surface area contributed by atoms with Gasteiger partial charge in [0.2, 0.25) is 5.91 Å². The van der Waals surface area contributed by atoms with Crippen LogP contribution in [0.3, 0.4) is 0 Å². The summed E-state index contributed by atoms with van der Waals surface area (Å²) < 4.78 is 5.49. The number of nitrogens with one attached hydrogen (secondary N) is 2. The Labute approximate surface area is 114 Å². The van der Waals surface area contributed by atoms with Crippen LogP contribution < -0.4 is 15.4 Å². The summed E-state index contributed by atoms with van der Waals surface area (Å²) >= 11 is 0. The molecule has 1 aliphatic heterocycles. The van der Waals surface area contributed by atoms with Gasteiger partial charge in [-0.05, 0) is 25.1 Å². The number of carbonyl (C=O) groups is 1. The van der Waals surface area contributed by atoms with Gasteiger partial charge in [-0.25, -0.2) is 0 Å². The van der Waals surface area contributed by atoms with Gasteiger partial charge in [-0.15, -0.1) is 12.4 Å². The van der Waals surface area contributed by atoms with E-state index in [-0.39, 0.29) is 24.2 Å². The van der Waals surface area contributed by atoms with E-state index in [1.807, 2.05) is 30.3 Å². The Morgan fingerprint density at radius 2 is 2.17 bits per heavy atom. The molecule has 1 unspecified atom stereocenters. The minimum atomic E-state index is 0. The Morgan fingerprint density at radius 3 is 2.83 bits per heavy atom. The zero-order valence-electron chi connectivity index (χ0n) is 10.2. The van der Waals surface area contributed by atoms with Crippen LogP contribution >= 0.6 is 12.4 Å². The molecule has 2 rings (SSSR count). The second-order valence-corrected chi connectivity index (χ2v) is 4.14. The van der Waals surface area contributed by atoms with Crippen LogP contribution in [-0.2, 0) is 4.79 Å². The summed E-state index contributed by atoms with van der Waals surface area (Å²) in [5.74, 6) is 1.10. The van der Waals surface area contributed by atoms with E-state index in [1.165, 1.54) is 0 Å². The molecule has 0 spiro atoms. The molecule has 2 N–H and O–H groups in total. The number of para-hydroxylation sites is 1. The third-order valence-corrected chi connectivity index (χ3v) is 2.84. The van der Waals surface area contributed by atoms with Crippen molar-refractivity contribution in [2.45, 2.75) is 6.42 Å². The molecule has 1 aliphatic rings. The molecule has 0 aromatic heterocycles. The summed E-state index contributed by atoms with van der Waals surface area (Å²) in [6, 6.07) is 9.61. The van der Waals surface area contributed by atoms with Gasteiger partial charge in [0.05, 0.1) is 12.5 Å². The normalized spacial score (nSPS) is 17.9. The zero-order valence-corrected chi connectivity index (χ0v) is 11.0. The van der Waals surface area contributed by atoms with Gasteiger partial charge in [0.1, 0.15) is 12.4 Å². The second kappa shape index (κ2) is 7.95. The summed E-state index contributed by atoms with van der Waals surface area (Å²) in [5.41, 5.74) is 0. The number of rotatable bonds is 5. The molecule has 1 fully saturated rings. The third kappa shape index (κ3) is 4.55. The molecule has 1 amide bonds. The van der Waals surface area contributed by atoms with Crippen molar-refractivity contribution in [1.82, 2.24) is 10.6 Å². The fraction of sp³-hybridized carbons (Fsp3) is 0.462. The lowest BCUT2D eigenvalue weighted by Crippen LogP contribution is -2.34. The predicted molar refractivity (Wildman–Crippen MR) is 73.2 cm³/mol. The standard InChI is InChI=1S/C13H18N2O2.ClH/c16-13(11-6-7-14-10-11)15-8-9-17-12-4-2-1-3-5-12;/h1-5,11,14H,6-10H2,(H,15,16);1H. The average molecular weight is 271 g/mol. The summed E-state index contributed by atoms with van der Waals surface area (Å²) in [5, 5.41) is 6.07. The van der Waals surface area contributed by atoms with Gasteiger partial charge in [-0.1, -0.05) is 18.2 Å². The van der Waals surface area contributed by atoms with Crippen LogP contribution in [0.5, 0.6) is 5.75 Å². The molecule has 18 heavy (non-hydrogen) atoms. The van der Waals surface area contributed by atoms with Gasteiger partial charge in [-0.3, -0.25) is 4.79 Å². The molecular weight excluding hydrogens is 252 g/mol. The van der Waals surface area contributed by atoms with Gasteiger partial charge >= 0.3 is 0 Å². The van der Waals surface area contributed by atoms with E-state index in [4.69, 9.17) is 4.74 Å². The topological polar surface area (TPSA) is 50.4 Å². The number of carbonyl (C=O) groups excluding carboxylic acids is 1. The maximum atomic E-state index is 11.6. The molecule has 0 radical (unpaired) electrons. The first-order chi connectivity index (χ1) is 8.36. The fourth-order valence-corrected chi connectivity index (χ4v) is 1.88. The molecule has 1 aromatic rings. The fourth-order valence-electron chi connectivity index (χ4n) is 1.88. The van der Waals surface area contributed by atoms with E-state index in [0.717, 1.165) is 25.3 Å². The van der Waals surface area contributed by atoms with Gasteiger partial charge in [0.25, 0.3) is 0 Å². The summed E-state index contributed by atoms with van der Waals surface area (Å²) in [6.07, 6.45) is 0.936. The Kier molecular flexibility index (Phi) is 6.54. The van der Waals surface area contributed by atoms with Crippen molar-refractivity contribution in [1.29, 1.82) is 0 Å². The SMILES string of the molecule is Cl.O=C(NCCOc1ccccc1)C1CCNC1. The second-order valence-electron chi connectivity index (χ2n) is 4.14. The lowest BCUT2D eigenvalue weighted by molar-refractivity contribution is -0.124. The van der Waals surface area contributed by atoms with Crippen molar-refractivity contribution in [3.8, 4) is 5.75 Å². The van der Waals surface area contributed by atoms with Crippen LogP contribution in [0, 0.1) is 5.92 Å². The molecule has 0 aliphatic carbocycles. The van der Waals surface area contributed by atoms with Crippen LogP contribution in [-0.4, -0.2) is 32.1 Å². The molecule has 4 nitrogen and oxygen atoms in total. The molecule has 0 bridgehead atoms. The van der Waals surface area contributed by atoms with Crippen LogP contribution in [0.4, 0.5) is 0 Å². The minimum absolute atomic E-state index is 0. The van der Waals surface area contributed by atoms with Crippen molar-refractivity contribution in [2.24, 2.45) is 5.92 Å². The average Bonchev–Trinajstić information content (AvgIpc) is 2.89. The van der Waals surface area contributed by atoms with E-state index < -0.39 is 0 Å². The number of amides is 1. The number of halogens is 1. The smallest absolute Gasteiger partial charge is 0.224 e. The Balaban J connectivity index is 0.00000162. The Bertz CT molecular complexity index is 353. The van der Waals surface area contributed by atoms with Crippen LogP contribution in [0.25, 0.3) is 0 Å². The molecule has 1 aromatic carbocycles. The van der Waals surface area contributed by atoms with E-state index in [9.17, 15) is 4.79 Å². The highest BCUT2D eigenvalue weighted by atomic mass is 35.5. The molecule has 1 heterocycles. The molecule has 1 saturated heterocycles. The molecule has 1 atom stereocenters. The molecule has 5 heteroatoms. The minimum Gasteiger partial charge on any atom is -0.492 e. The van der Waals surface area contributed by atoms with Crippen molar-refractivity contribution < 1.29 is 9.53 Å². The van der Waals surface area contributed by atoms with Gasteiger partial charge in [0.15, 0.2) is 0 Å². The van der Waals surface area contributed by atoms with Gasteiger partial charge in [-0.2, -0.15) is 0 Å². The van der Waals surface area contributed by atoms with Crippen LogP contribution in [0.15, 0.2) is 30.3 Å². The van der Waals surface area contributed by atoms with E-state index in [0.29, 0.717) is 13.2 Å². The number of hydrogen-bond acceptors (Lipinski definition) is 3. The highest BCUT2D eigenvalue weighted by Crippen LogP contribution is 2.08. The first-order valence-corrected chi connectivity index (χ1v) is 6.02. The lowest BCUT2D eigenvalue weighted by atomic mass is 10.1. The molecule has 0 saturated carbocycles. The number of hydrogen-bond donors (Lipinski definition) is 2. The third-order valence-electron chi connectivity index (χ3n) is 2.84. The molecular formula is C13H19ClN2O2. The predicted octanol–water partition coefficient (Wildman–Crippen LogP) is 1.21. The number of benzene rings is 1. The summed E-state index contributed by atoms with van der Waals surface area (Å²) in [6.45, 7) is 2.81. The van der Waals surface area contributed by atoms with Crippen molar-refractivity contribution >= 4 is 18.3 Å². The largest absolute Gasteiger partial charge is 0.492 e.